The fourth-order valence-electron chi connectivity index (χ4n) is 3.41. The smallest absolute Gasteiger partial charge is 0.253 e. The van der Waals surface area contributed by atoms with Gasteiger partial charge in [-0.1, -0.05) is 18.2 Å². The first-order valence-corrected chi connectivity index (χ1v) is 8.40. The van der Waals surface area contributed by atoms with Crippen LogP contribution in [0.25, 0.3) is 5.69 Å². The Morgan fingerprint density at radius 2 is 2.04 bits per heavy atom. The van der Waals surface area contributed by atoms with Crippen molar-refractivity contribution in [2.75, 3.05) is 19.6 Å². The number of nitrogens with one attached hydrogen (secondary N) is 2. The van der Waals surface area contributed by atoms with Crippen LogP contribution in [0.15, 0.2) is 36.4 Å². The zero-order valence-electron chi connectivity index (χ0n) is 14.3. The van der Waals surface area contributed by atoms with E-state index in [1.165, 1.54) is 6.42 Å². The number of nitrogens with zero attached hydrogens (tertiary/aromatic N) is 1. The van der Waals surface area contributed by atoms with Gasteiger partial charge < -0.3 is 15.2 Å². The van der Waals surface area contributed by atoms with Crippen LogP contribution < -0.4 is 10.6 Å². The Bertz CT molecular complexity index is 675. The van der Waals surface area contributed by atoms with Gasteiger partial charge in [-0.3, -0.25) is 4.79 Å². The van der Waals surface area contributed by atoms with E-state index in [4.69, 9.17) is 0 Å². The Morgan fingerprint density at radius 3 is 2.71 bits per heavy atom. The van der Waals surface area contributed by atoms with Gasteiger partial charge in [-0.05, 0) is 63.9 Å². The van der Waals surface area contributed by atoms with Crippen LogP contribution in [0, 0.1) is 19.8 Å². The van der Waals surface area contributed by atoms with E-state index in [0.29, 0.717) is 5.92 Å². The molecule has 1 atom stereocenters. The molecule has 2 N–H and O–H groups in total. The van der Waals surface area contributed by atoms with Crippen LogP contribution in [0.4, 0.5) is 0 Å². The van der Waals surface area contributed by atoms with Crippen LogP contribution in [0.2, 0.25) is 0 Å². The number of halogens is 1. The van der Waals surface area contributed by atoms with E-state index < -0.39 is 0 Å². The van der Waals surface area contributed by atoms with E-state index >= 15 is 0 Å². The van der Waals surface area contributed by atoms with E-state index in [1.807, 2.05) is 38.1 Å². The number of benzene rings is 1. The summed E-state index contributed by atoms with van der Waals surface area (Å²) in [6.45, 7) is 6.99. The number of amides is 1. The summed E-state index contributed by atoms with van der Waals surface area (Å²) in [5, 5.41) is 6.44. The molecule has 5 heteroatoms. The highest BCUT2D eigenvalue weighted by Crippen LogP contribution is 2.20. The monoisotopic (exact) mass is 347 g/mol. The molecule has 2 heterocycles. The minimum Gasteiger partial charge on any atom is -0.352 e. The summed E-state index contributed by atoms with van der Waals surface area (Å²) in [6.07, 6.45) is 2.27. The number of para-hydroxylation sites is 1. The van der Waals surface area contributed by atoms with E-state index in [9.17, 15) is 4.79 Å². The van der Waals surface area contributed by atoms with E-state index in [2.05, 4.69) is 27.3 Å². The summed E-state index contributed by atoms with van der Waals surface area (Å²) in [4.78, 5) is 12.5. The van der Waals surface area contributed by atoms with Crippen LogP contribution in [0.1, 0.15) is 34.6 Å². The average Bonchev–Trinajstić information content (AvgIpc) is 3.16. The standard InChI is InChI=1S/C19H25N3O.ClH/c1-14-12-18(15(2)22(14)17-6-4-3-5-7-17)19(23)21-11-9-16-8-10-20-13-16;/h3-7,12,16,20H,8-11,13H2,1-2H3,(H,21,23);1H. The number of hydrogen-bond donors (Lipinski definition) is 2. The molecule has 4 nitrogen and oxygen atoms in total. The molecule has 1 aromatic carbocycles. The van der Waals surface area contributed by atoms with Crippen molar-refractivity contribution in [3.05, 3.63) is 53.3 Å². The van der Waals surface area contributed by atoms with Crippen molar-refractivity contribution in [3.63, 3.8) is 0 Å². The molecule has 1 aliphatic heterocycles. The zero-order chi connectivity index (χ0) is 16.2. The highest BCUT2D eigenvalue weighted by Gasteiger charge is 2.18. The predicted octanol–water partition coefficient (Wildman–Crippen LogP) is 3.25. The van der Waals surface area contributed by atoms with Crippen LogP contribution >= 0.6 is 12.4 Å². The van der Waals surface area contributed by atoms with Gasteiger partial charge in [0, 0.05) is 23.6 Å². The first-order valence-electron chi connectivity index (χ1n) is 8.40. The predicted molar refractivity (Wildman–Crippen MR) is 100 cm³/mol. The van der Waals surface area contributed by atoms with Crippen molar-refractivity contribution >= 4 is 18.3 Å². The lowest BCUT2D eigenvalue weighted by atomic mass is 10.1. The van der Waals surface area contributed by atoms with Gasteiger partial charge in [0.2, 0.25) is 0 Å². The normalized spacial score (nSPS) is 16.7. The number of carbonyl (C=O) groups is 1. The van der Waals surface area contributed by atoms with Gasteiger partial charge in [-0.2, -0.15) is 0 Å². The van der Waals surface area contributed by atoms with Gasteiger partial charge >= 0.3 is 0 Å². The summed E-state index contributed by atoms with van der Waals surface area (Å²) in [7, 11) is 0. The number of hydrogen-bond acceptors (Lipinski definition) is 2. The molecule has 0 saturated carbocycles. The molecule has 1 saturated heterocycles. The average molecular weight is 348 g/mol. The molecule has 1 fully saturated rings. The van der Waals surface area contributed by atoms with E-state index in [-0.39, 0.29) is 18.3 Å². The molecule has 0 spiro atoms. The fraction of sp³-hybridized carbons (Fsp3) is 0.421. The number of aromatic nitrogens is 1. The van der Waals surface area contributed by atoms with Gasteiger partial charge in [0.15, 0.2) is 0 Å². The first kappa shape index (κ1) is 18.6. The lowest BCUT2D eigenvalue weighted by Crippen LogP contribution is -2.26. The fourth-order valence-corrected chi connectivity index (χ4v) is 3.41. The Kier molecular flexibility index (Phi) is 6.46. The molecule has 1 unspecified atom stereocenters. The topological polar surface area (TPSA) is 46.1 Å². The van der Waals surface area contributed by atoms with Crippen molar-refractivity contribution in [1.29, 1.82) is 0 Å². The summed E-state index contributed by atoms with van der Waals surface area (Å²) in [5.74, 6) is 0.735. The number of aryl methyl sites for hydroxylation is 1. The maximum atomic E-state index is 12.5. The molecule has 0 aliphatic carbocycles. The Labute approximate surface area is 150 Å². The molecule has 1 aliphatic rings. The minimum absolute atomic E-state index is 0. The van der Waals surface area contributed by atoms with Crippen LogP contribution in [0.5, 0.6) is 0 Å². The van der Waals surface area contributed by atoms with Crippen molar-refractivity contribution in [3.8, 4) is 5.69 Å². The third kappa shape index (κ3) is 4.00. The number of carbonyl (C=O) groups excluding carboxylic acids is 1. The van der Waals surface area contributed by atoms with E-state index in [1.54, 1.807) is 0 Å². The molecule has 24 heavy (non-hydrogen) atoms. The van der Waals surface area contributed by atoms with Crippen LogP contribution in [0.3, 0.4) is 0 Å². The van der Waals surface area contributed by atoms with Crippen molar-refractivity contribution in [2.45, 2.75) is 26.7 Å². The Balaban J connectivity index is 0.00000208. The van der Waals surface area contributed by atoms with Gasteiger partial charge in [-0.15, -0.1) is 12.4 Å². The van der Waals surface area contributed by atoms with Gasteiger partial charge in [0.05, 0.1) is 5.56 Å². The molecule has 2 aromatic rings. The molecule has 1 aromatic heterocycles. The molecule has 130 valence electrons. The Hall–Kier alpha value is -1.78. The first-order chi connectivity index (χ1) is 11.2. The third-order valence-electron chi connectivity index (χ3n) is 4.69. The summed E-state index contributed by atoms with van der Waals surface area (Å²) < 4.78 is 2.13. The molecular weight excluding hydrogens is 322 g/mol. The second-order valence-corrected chi connectivity index (χ2v) is 6.36. The molecule has 3 rings (SSSR count). The minimum atomic E-state index is 0. The maximum Gasteiger partial charge on any atom is 0.253 e. The summed E-state index contributed by atoms with van der Waals surface area (Å²) >= 11 is 0. The quantitative estimate of drug-likeness (QED) is 0.872. The van der Waals surface area contributed by atoms with Crippen LogP contribution in [-0.4, -0.2) is 30.1 Å². The maximum absolute atomic E-state index is 12.5. The lowest BCUT2D eigenvalue weighted by molar-refractivity contribution is 0.0951. The zero-order valence-corrected chi connectivity index (χ0v) is 15.2. The van der Waals surface area contributed by atoms with Crippen molar-refractivity contribution < 1.29 is 4.79 Å². The second kappa shape index (κ2) is 8.36. The molecule has 0 radical (unpaired) electrons. The van der Waals surface area contributed by atoms with E-state index in [0.717, 1.165) is 48.7 Å². The second-order valence-electron chi connectivity index (χ2n) is 6.36. The van der Waals surface area contributed by atoms with Crippen molar-refractivity contribution in [1.82, 2.24) is 15.2 Å². The van der Waals surface area contributed by atoms with Crippen molar-refractivity contribution in [2.24, 2.45) is 5.92 Å². The number of rotatable bonds is 5. The largest absolute Gasteiger partial charge is 0.352 e. The SMILES string of the molecule is Cc1cc(C(=O)NCCC2CCNC2)c(C)n1-c1ccccc1.Cl. The lowest BCUT2D eigenvalue weighted by Gasteiger charge is -2.11. The summed E-state index contributed by atoms with van der Waals surface area (Å²) in [5.41, 5.74) is 3.95. The van der Waals surface area contributed by atoms with Gasteiger partial charge in [0.25, 0.3) is 5.91 Å². The summed E-state index contributed by atoms with van der Waals surface area (Å²) in [6, 6.07) is 12.1. The molecule has 1 amide bonds. The molecular formula is C19H26ClN3O. The highest BCUT2D eigenvalue weighted by molar-refractivity contribution is 5.95. The Morgan fingerprint density at radius 1 is 1.29 bits per heavy atom. The van der Waals surface area contributed by atoms with Gasteiger partial charge in [-0.25, -0.2) is 0 Å². The molecule has 0 bridgehead atoms. The highest BCUT2D eigenvalue weighted by atomic mass is 35.5. The van der Waals surface area contributed by atoms with Crippen LogP contribution in [-0.2, 0) is 0 Å². The third-order valence-corrected chi connectivity index (χ3v) is 4.69. The van der Waals surface area contributed by atoms with Gasteiger partial charge in [0.1, 0.15) is 0 Å².